The molecular formula is C19H28F3N5O. The van der Waals surface area contributed by atoms with E-state index in [1.54, 1.807) is 12.1 Å². The zero-order valence-electron chi connectivity index (χ0n) is 16.1. The number of rotatable bonds is 5. The standard InChI is InChI=1S/C19H28F3N5O/c1-14-4-8-27(9-5-14)17-3-2-15(12-24-17)18(28)25-13-16(19(20,21)22)26-10-6-23-7-11-26/h2-3,12,14,16,23H,4-11,13H2,1H3,(H,25,28). The topological polar surface area (TPSA) is 60.5 Å². The molecule has 9 heteroatoms. The normalized spacial score (nSPS) is 20.8. The first kappa shape index (κ1) is 20.9. The Morgan fingerprint density at radius 1 is 1.25 bits per heavy atom. The molecule has 2 fully saturated rings. The maximum atomic E-state index is 13.4. The van der Waals surface area contributed by atoms with Gasteiger partial charge in [0, 0.05) is 52.0 Å². The molecule has 3 heterocycles. The molecule has 28 heavy (non-hydrogen) atoms. The number of hydrogen-bond donors (Lipinski definition) is 2. The molecule has 3 rings (SSSR count). The average molecular weight is 399 g/mol. The maximum absolute atomic E-state index is 13.4. The molecule has 6 nitrogen and oxygen atoms in total. The first-order valence-corrected chi connectivity index (χ1v) is 9.85. The largest absolute Gasteiger partial charge is 0.405 e. The van der Waals surface area contributed by atoms with E-state index in [2.05, 4.69) is 27.4 Å². The van der Waals surface area contributed by atoms with Gasteiger partial charge in [0.05, 0.1) is 5.56 Å². The Balaban J connectivity index is 1.57. The molecule has 0 aromatic carbocycles. The zero-order valence-corrected chi connectivity index (χ0v) is 16.1. The highest BCUT2D eigenvalue weighted by molar-refractivity contribution is 5.94. The third-order valence-electron chi connectivity index (χ3n) is 5.54. The van der Waals surface area contributed by atoms with Crippen LogP contribution in [0.3, 0.4) is 0 Å². The number of anilines is 1. The summed E-state index contributed by atoms with van der Waals surface area (Å²) in [5.41, 5.74) is 0.273. The van der Waals surface area contributed by atoms with E-state index < -0.39 is 24.7 Å². The second kappa shape index (κ2) is 9.09. The van der Waals surface area contributed by atoms with Crippen molar-refractivity contribution in [3.05, 3.63) is 23.9 Å². The summed E-state index contributed by atoms with van der Waals surface area (Å²) in [5.74, 6) is 0.978. The van der Waals surface area contributed by atoms with Gasteiger partial charge in [0.1, 0.15) is 11.9 Å². The highest BCUT2D eigenvalue weighted by atomic mass is 19.4. The van der Waals surface area contributed by atoms with Gasteiger partial charge >= 0.3 is 6.18 Å². The predicted octanol–water partition coefficient (Wildman–Crippen LogP) is 1.88. The van der Waals surface area contributed by atoms with Crippen molar-refractivity contribution in [1.82, 2.24) is 20.5 Å². The van der Waals surface area contributed by atoms with Crippen LogP contribution in [-0.2, 0) is 0 Å². The first-order valence-electron chi connectivity index (χ1n) is 9.85. The van der Waals surface area contributed by atoms with Crippen LogP contribution >= 0.6 is 0 Å². The Bertz CT molecular complexity index is 638. The number of pyridine rings is 1. The number of hydrogen-bond acceptors (Lipinski definition) is 5. The second-order valence-corrected chi connectivity index (χ2v) is 7.63. The number of carbonyl (C=O) groups excluding carboxylic acids is 1. The molecule has 1 aromatic heterocycles. The summed E-state index contributed by atoms with van der Waals surface area (Å²) < 4.78 is 40.2. The number of piperazine rings is 1. The van der Waals surface area contributed by atoms with Crippen molar-refractivity contribution in [3.8, 4) is 0 Å². The van der Waals surface area contributed by atoms with Crippen molar-refractivity contribution in [2.75, 3.05) is 50.7 Å². The Labute approximate surface area is 163 Å². The monoisotopic (exact) mass is 399 g/mol. The van der Waals surface area contributed by atoms with Crippen LogP contribution < -0.4 is 15.5 Å². The SMILES string of the molecule is CC1CCN(c2ccc(C(=O)NCC(N3CCNCC3)C(F)(F)F)cn2)CC1. The van der Waals surface area contributed by atoms with Crippen LogP contribution in [0.25, 0.3) is 0 Å². The number of aromatic nitrogens is 1. The molecule has 1 unspecified atom stereocenters. The Hall–Kier alpha value is -1.87. The van der Waals surface area contributed by atoms with Gasteiger partial charge in [-0.05, 0) is 30.9 Å². The van der Waals surface area contributed by atoms with E-state index in [-0.39, 0.29) is 5.56 Å². The molecule has 1 aromatic rings. The second-order valence-electron chi connectivity index (χ2n) is 7.63. The van der Waals surface area contributed by atoms with Crippen LogP contribution in [0.4, 0.5) is 19.0 Å². The molecular weight excluding hydrogens is 371 g/mol. The minimum atomic E-state index is -4.39. The lowest BCUT2D eigenvalue weighted by molar-refractivity contribution is -0.183. The lowest BCUT2D eigenvalue weighted by Crippen LogP contribution is -2.57. The van der Waals surface area contributed by atoms with Crippen LogP contribution in [0, 0.1) is 5.92 Å². The lowest BCUT2D eigenvalue weighted by atomic mass is 9.99. The summed E-state index contributed by atoms with van der Waals surface area (Å²) in [6, 6.07) is 1.71. The molecule has 2 saturated heterocycles. The first-order chi connectivity index (χ1) is 13.3. The summed E-state index contributed by atoms with van der Waals surface area (Å²) in [6.45, 7) is 5.27. The van der Waals surface area contributed by atoms with E-state index in [9.17, 15) is 18.0 Å². The van der Waals surface area contributed by atoms with Gasteiger partial charge in [0.2, 0.25) is 0 Å². The molecule has 156 valence electrons. The number of nitrogens with zero attached hydrogens (tertiary/aromatic N) is 3. The number of nitrogens with one attached hydrogen (secondary N) is 2. The van der Waals surface area contributed by atoms with Crippen LogP contribution in [0.2, 0.25) is 0 Å². The van der Waals surface area contributed by atoms with E-state index in [1.807, 2.05) is 0 Å². The molecule has 0 spiro atoms. The van der Waals surface area contributed by atoms with Crippen LogP contribution in [0.1, 0.15) is 30.1 Å². The summed E-state index contributed by atoms with van der Waals surface area (Å²) in [4.78, 5) is 20.2. The maximum Gasteiger partial charge on any atom is 0.405 e. The number of alkyl halides is 3. The number of halogens is 3. The quantitative estimate of drug-likeness (QED) is 0.792. The summed E-state index contributed by atoms with van der Waals surface area (Å²) >= 11 is 0. The third kappa shape index (κ3) is 5.35. The van der Waals surface area contributed by atoms with Crippen molar-refractivity contribution < 1.29 is 18.0 Å². The minimum absolute atomic E-state index is 0.273. The third-order valence-corrected chi connectivity index (χ3v) is 5.54. The Morgan fingerprint density at radius 2 is 1.93 bits per heavy atom. The van der Waals surface area contributed by atoms with Crippen molar-refractivity contribution in [3.63, 3.8) is 0 Å². The fourth-order valence-corrected chi connectivity index (χ4v) is 3.68. The molecule has 0 radical (unpaired) electrons. The van der Waals surface area contributed by atoms with Gasteiger partial charge in [0.25, 0.3) is 5.91 Å². The fraction of sp³-hybridized carbons (Fsp3) is 0.684. The molecule has 0 saturated carbocycles. The van der Waals surface area contributed by atoms with E-state index in [4.69, 9.17) is 0 Å². The van der Waals surface area contributed by atoms with Crippen LogP contribution in [-0.4, -0.2) is 73.8 Å². The number of piperidine rings is 1. The number of amides is 1. The fourth-order valence-electron chi connectivity index (χ4n) is 3.68. The van der Waals surface area contributed by atoms with Gasteiger partial charge in [-0.1, -0.05) is 6.92 Å². The van der Waals surface area contributed by atoms with Gasteiger partial charge in [-0.15, -0.1) is 0 Å². The highest BCUT2D eigenvalue weighted by Crippen LogP contribution is 2.25. The minimum Gasteiger partial charge on any atom is -0.357 e. The number of carbonyl (C=O) groups is 1. The summed E-state index contributed by atoms with van der Waals surface area (Å²) in [5, 5.41) is 5.47. The smallest absolute Gasteiger partial charge is 0.357 e. The van der Waals surface area contributed by atoms with Gasteiger partial charge in [-0.25, -0.2) is 4.98 Å². The molecule has 0 aliphatic carbocycles. The van der Waals surface area contributed by atoms with E-state index in [1.165, 1.54) is 11.1 Å². The highest BCUT2D eigenvalue weighted by Gasteiger charge is 2.43. The van der Waals surface area contributed by atoms with Gasteiger partial charge in [0.15, 0.2) is 0 Å². The van der Waals surface area contributed by atoms with Gasteiger partial charge in [-0.2, -0.15) is 13.2 Å². The predicted molar refractivity (Wildman–Crippen MR) is 101 cm³/mol. The van der Waals surface area contributed by atoms with Crippen LogP contribution in [0.15, 0.2) is 18.3 Å². The van der Waals surface area contributed by atoms with Crippen molar-refractivity contribution in [1.29, 1.82) is 0 Å². The molecule has 1 amide bonds. The van der Waals surface area contributed by atoms with E-state index in [0.717, 1.165) is 31.7 Å². The zero-order chi connectivity index (χ0) is 20.1. The van der Waals surface area contributed by atoms with Crippen molar-refractivity contribution in [2.45, 2.75) is 32.0 Å². The van der Waals surface area contributed by atoms with Crippen molar-refractivity contribution in [2.24, 2.45) is 5.92 Å². The van der Waals surface area contributed by atoms with Crippen molar-refractivity contribution >= 4 is 11.7 Å². The summed E-state index contributed by atoms with van der Waals surface area (Å²) in [7, 11) is 0. The van der Waals surface area contributed by atoms with Crippen LogP contribution in [0.5, 0.6) is 0 Å². The molecule has 2 aliphatic rings. The van der Waals surface area contributed by atoms with Gasteiger partial charge < -0.3 is 15.5 Å². The average Bonchev–Trinajstić information content (AvgIpc) is 2.68. The lowest BCUT2D eigenvalue weighted by Gasteiger charge is -2.35. The molecule has 2 aliphatic heterocycles. The molecule has 2 N–H and O–H groups in total. The molecule has 1 atom stereocenters. The Kier molecular flexibility index (Phi) is 6.77. The Morgan fingerprint density at radius 3 is 2.50 bits per heavy atom. The van der Waals surface area contributed by atoms with E-state index in [0.29, 0.717) is 32.1 Å². The van der Waals surface area contributed by atoms with E-state index >= 15 is 0 Å². The molecule has 0 bridgehead atoms. The van der Waals surface area contributed by atoms with Gasteiger partial charge in [-0.3, -0.25) is 9.69 Å². The summed E-state index contributed by atoms with van der Waals surface area (Å²) in [6.07, 6.45) is -0.738.